The smallest absolute Gasteiger partial charge is 0.320 e. The molecule has 0 saturated heterocycles. The molecule has 0 amide bonds. The zero-order valence-electron chi connectivity index (χ0n) is 6.99. The van der Waals surface area contributed by atoms with Crippen molar-refractivity contribution in [2.75, 3.05) is 6.61 Å². The summed E-state index contributed by atoms with van der Waals surface area (Å²) in [7, 11) is 0. The van der Waals surface area contributed by atoms with Gasteiger partial charge in [0.25, 0.3) is 0 Å². The van der Waals surface area contributed by atoms with Crippen molar-refractivity contribution in [2.24, 2.45) is 5.41 Å². The number of hydrogen-bond donors (Lipinski definition) is 0. The molecule has 0 N–H and O–H groups in total. The zero-order valence-corrected chi connectivity index (χ0v) is 6.99. The first-order chi connectivity index (χ1) is 4.91. The van der Waals surface area contributed by atoms with Crippen LogP contribution in [-0.2, 0) is 4.74 Å². The number of ether oxygens (including phenoxy) is 1. The lowest BCUT2D eigenvalue weighted by molar-refractivity contribution is -0.243. The topological polar surface area (TPSA) is 9.23 Å². The molecule has 1 nitrogen and oxygen atoms in total. The zero-order chi connectivity index (χ0) is 8.54. The van der Waals surface area contributed by atoms with Crippen molar-refractivity contribution in [1.29, 1.82) is 0 Å². The van der Waals surface area contributed by atoms with Gasteiger partial charge in [0.1, 0.15) is 0 Å². The molecule has 0 heterocycles. The highest BCUT2D eigenvalue weighted by Gasteiger charge is 2.35. The van der Waals surface area contributed by atoms with Crippen molar-refractivity contribution in [3.05, 3.63) is 0 Å². The van der Waals surface area contributed by atoms with Crippen LogP contribution in [0.4, 0.5) is 8.78 Å². The van der Waals surface area contributed by atoms with Crippen LogP contribution in [0.2, 0.25) is 0 Å². The van der Waals surface area contributed by atoms with Crippen molar-refractivity contribution in [3.8, 4) is 0 Å². The van der Waals surface area contributed by atoms with Crippen molar-refractivity contribution >= 4 is 0 Å². The van der Waals surface area contributed by atoms with E-state index in [9.17, 15) is 8.78 Å². The molecule has 0 aromatic heterocycles. The van der Waals surface area contributed by atoms with Crippen LogP contribution in [-0.4, -0.2) is 12.7 Å². The minimum Gasteiger partial charge on any atom is -0.320 e. The predicted molar refractivity (Wildman–Crippen MR) is 38.5 cm³/mol. The van der Waals surface area contributed by atoms with Crippen molar-refractivity contribution in [2.45, 2.75) is 39.2 Å². The van der Waals surface area contributed by atoms with Gasteiger partial charge in [-0.15, -0.1) is 0 Å². The Morgan fingerprint density at radius 3 is 2.27 bits per heavy atom. The normalized spacial score (nSPS) is 22.9. The number of rotatable bonds is 3. The fourth-order valence-electron chi connectivity index (χ4n) is 1.23. The summed E-state index contributed by atoms with van der Waals surface area (Å²) in [5.74, 6) is 0. The van der Waals surface area contributed by atoms with E-state index in [-0.39, 0.29) is 12.0 Å². The van der Waals surface area contributed by atoms with E-state index in [4.69, 9.17) is 0 Å². The van der Waals surface area contributed by atoms with E-state index in [0.29, 0.717) is 0 Å². The molecule has 0 aliphatic heterocycles. The van der Waals surface area contributed by atoms with Gasteiger partial charge in [0.05, 0.1) is 6.61 Å². The van der Waals surface area contributed by atoms with Gasteiger partial charge < -0.3 is 4.74 Å². The van der Waals surface area contributed by atoms with Crippen LogP contribution >= 0.6 is 0 Å². The van der Waals surface area contributed by atoms with E-state index in [0.717, 1.165) is 26.2 Å². The molecular formula is C8H14F2O. The van der Waals surface area contributed by atoms with Crippen molar-refractivity contribution < 1.29 is 13.5 Å². The van der Waals surface area contributed by atoms with Crippen LogP contribution in [0.25, 0.3) is 0 Å². The summed E-state index contributed by atoms with van der Waals surface area (Å²) in [4.78, 5) is 0. The molecular weight excluding hydrogens is 150 g/mol. The predicted octanol–water partition coefficient (Wildman–Crippen LogP) is 2.81. The molecule has 1 fully saturated rings. The third kappa shape index (κ3) is 2.73. The molecule has 0 aromatic carbocycles. The Bertz CT molecular complexity index is 136. The second-order valence-electron chi connectivity index (χ2n) is 3.76. The van der Waals surface area contributed by atoms with Gasteiger partial charge >= 0.3 is 6.11 Å². The Morgan fingerprint density at radius 2 is 2.00 bits per heavy atom. The van der Waals surface area contributed by atoms with E-state index in [1.165, 1.54) is 0 Å². The summed E-state index contributed by atoms with van der Waals surface area (Å²) in [6.07, 6.45) is 0.222. The average molecular weight is 164 g/mol. The maximum Gasteiger partial charge on any atom is 0.352 e. The minimum atomic E-state index is -2.96. The Hall–Kier alpha value is -0.180. The summed E-state index contributed by atoms with van der Waals surface area (Å²) in [6.45, 7) is 2.97. The maximum absolute atomic E-state index is 12.2. The lowest BCUT2D eigenvalue weighted by Gasteiger charge is -2.38. The molecule has 1 aliphatic rings. The highest BCUT2D eigenvalue weighted by atomic mass is 19.3. The average Bonchev–Trinajstić information content (AvgIpc) is 1.77. The number of halogens is 2. The summed E-state index contributed by atoms with van der Waals surface area (Å²) < 4.78 is 28.8. The fraction of sp³-hybridized carbons (Fsp3) is 1.00. The summed E-state index contributed by atoms with van der Waals surface area (Å²) in [6, 6.07) is 0. The number of hydrogen-bond acceptors (Lipinski definition) is 1. The highest BCUT2D eigenvalue weighted by molar-refractivity contribution is 4.82. The molecule has 0 radical (unpaired) electrons. The largest absolute Gasteiger partial charge is 0.352 e. The standard InChI is InChI=1S/C8H14F2O/c1-7(4-3-5-7)6-11-8(2,9)10/h3-6H2,1-2H3. The Morgan fingerprint density at radius 1 is 1.45 bits per heavy atom. The Kier molecular flexibility index (Phi) is 2.19. The van der Waals surface area contributed by atoms with Crippen LogP contribution in [0.15, 0.2) is 0 Å². The van der Waals surface area contributed by atoms with Gasteiger partial charge in [-0.25, -0.2) is 0 Å². The monoisotopic (exact) mass is 164 g/mol. The molecule has 11 heavy (non-hydrogen) atoms. The second-order valence-corrected chi connectivity index (χ2v) is 3.76. The summed E-state index contributed by atoms with van der Waals surface area (Å²) in [5, 5.41) is 0. The van der Waals surface area contributed by atoms with Crippen LogP contribution in [0.3, 0.4) is 0 Å². The summed E-state index contributed by atoms with van der Waals surface area (Å²) in [5.41, 5.74) is 0.0272. The first kappa shape index (κ1) is 8.91. The molecule has 0 unspecified atom stereocenters. The molecule has 1 aliphatic carbocycles. The summed E-state index contributed by atoms with van der Waals surface area (Å²) >= 11 is 0. The molecule has 66 valence electrons. The van der Waals surface area contributed by atoms with Crippen LogP contribution in [0, 0.1) is 5.41 Å². The lowest BCUT2D eigenvalue weighted by atomic mass is 9.71. The van der Waals surface area contributed by atoms with Gasteiger partial charge in [-0.1, -0.05) is 13.3 Å². The first-order valence-electron chi connectivity index (χ1n) is 3.93. The number of alkyl halides is 2. The second kappa shape index (κ2) is 2.70. The molecule has 3 heteroatoms. The Labute approximate surface area is 65.7 Å². The molecule has 0 atom stereocenters. The van der Waals surface area contributed by atoms with Gasteiger partial charge in [0.15, 0.2) is 0 Å². The van der Waals surface area contributed by atoms with E-state index < -0.39 is 6.11 Å². The highest BCUT2D eigenvalue weighted by Crippen LogP contribution is 2.41. The van der Waals surface area contributed by atoms with Gasteiger partial charge in [0, 0.05) is 6.92 Å². The van der Waals surface area contributed by atoms with Crippen LogP contribution < -0.4 is 0 Å². The SMILES string of the molecule is CC1(COC(C)(F)F)CCC1. The quantitative estimate of drug-likeness (QED) is 0.623. The Balaban J connectivity index is 2.21. The molecule has 0 bridgehead atoms. The van der Waals surface area contributed by atoms with Gasteiger partial charge in [-0.2, -0.15) is 8.78 Å². The van der Waals surface area contributed by atoms with Crippen molar-refractivity contribution in [1.82, 2.24) is 0 Å². The van der Waals surface area contributed by atoms with Gasteiger partial charge in [-0.05, 0) is 18.3 Å². The molecule has 0 spiro atoms. The molecule has 1 saturated carbocycles. The molecule has 0 aromatic rings. The third-order valence-corrected chi connectivity index (χ3v) is 2.23. The van der Waals surface area contributed by atoms with Crippen LogP contribution in [0.5, 0.6) is 0 Å². The fourth-order valence-corrected chi connectivity index (χ4v) is 1.23. The van der Waals surface area contributed by atoms with Crippen molar-refractivity contribution in [3.63, 3.8) is 0 Å². The van der Waals surface area contributed by atoms with E-state index in [2.05, 4.69) is 4.74 Å². The van der Waals surface area contributed by atoms with Gasteiger partial charge in [-0.3, -0.25) is 0 Å². The third-order valence-electron chi connectivity index (χ3n) is 2.23. The van der Waals surface area contributed by atoms with Gasteiger partial charge in [0.2, 0.25) is 0 Å². The van der Waals surface area contributed by atoms with E-state index in [1.54, 1.807) is 0 Å². The first-order valence-corrected chi connectivity index (χ1v) is 3.93. The van der Waals surface area contributed by atoms with E-state index >= 15 is 0 Å². The molecule has 1 rings (SSSR count). The van der Waals surface area contributed by atoms with Crippen LogP contribution in [0.1, 0.15) is 33.1 Å². The maximum atomic E-state index is 12.2. The lowest BCUT2D eigenvalue weighted by Crippen LogP contribution is -2.34. The minimum absolute atomic E-state index is 0.0272. The van der Waals surface area contributed by atoms with E-state index in [1.807, 2.05) is 6.92 Å².